The van der Waals surface area contributed by atoms with E-state index >= 15 is 0 Å². The van der Waals surface area contributed by atoms with Crippen LogP contribution in [0.3, 0.4) is 0 Å². The molecule has 1 rings (SSSR count). The van der Waals surface area contributed by atoms with E-state index in [9.17, 15) is 0 Å². The van der Waals surface area contributed by atoms with Gasteiger partial charge in [-0.3, -0.25) is 0 Å². The summed E-state index contributed by atoms with van der Waals surface area (Å²) in [5.74, 6) is 0. The first kappa shape index (κ1) is 21.2. The summed E-state index contributed by atoms with van der Waals surface area (Å²) in [7, 11) is 3.12. The van der Waals surface area contributed by atoms with Gasteiger partial charge in [0.05, 0.1) is 12.7 Å². The van der Waals surface area contributed by atoms with Crippen LogP contribution in [-0.2, 0) is 22.4 Å². The van der Waals surface area contributed by atoms with Gasteiger partial charge >= 0.3 is 17.1 Å². The maximum absolute atomic E-state index is 5.56. The van der Waals surface area contributed by atoms with E-state index in [1.54, 1.807) is 28.4 Å². The molecule has 0 aromatic rings. The van der Waals surface area contributed by atoms with E-state index in [0.29, 0.717) is 6.10 Å². The molecule has 1 atom stereocenters. The molecule has 8 heteroatoms. The summed E-state index contributed by atoms with van der Waals surface area (Å²) in [6.45, 7) is 8.30. The molecule has 1 fully saturated rings. The van der Waals surface area contributed by atoms with Crippen LogP contribution in [0.15, 0.2) is 0 Å². The van der Waals surface area contributed by atoms with E-state index in [1.165, 1.54) is 0 Å². The number of hydrogen-bond donors (Lipinski definition) is 0. The molecule has 0 bridgehead atoms. The predicted molar refractivity (Wildman–Crippen MR) is 96.3 cm³/mol. The number of nitrogens with zero attached hydrogens (tertiary/aromatic N) is 1. The summed E-state index contributed by atoms with van der Waals surface area (Å²) in [4.78, 5) is 2.50. The Morgan fingerprint density at radius 1 is 0.870 bits per heavy atom. The number of rotatable bonds is 14. The van der Waals surface area contributed by atoms with Crippen molar-refractivity contribution in [3.05, 3.63) is 0 Å². The fraction of sp³-hybridized carbons (Fsp3) is 1.00. The summed E-state index contributed by atoms with van der Waals surface area (Å²) >= 11 is 0. The lowest BCUT2D eigenvalue weighted by Gasteiger charge is -2.27. The lowest BCUT2D eigenvalue weighted by Crippen LogP contribution is -2.39. The zero-order valence-electron chi connectivity index (χ0n) is 15.7. The molecule has 1 aliphatic heterocycles. The molecule has 0 saturated carbocycles. The molecular weight excluding hydrogens is 330 g/mol. The minimum atomic E-state index is -1.95. The van der Waals surface area contributed by atoms with Crippen molar-refractivity contribution >= 4 is 17.1 Å². The van der Waals surface area contributed by atoms with Gasteiger partial charge in [0, 0.05) is 35.0 Å². The molecule has 6 nitrogen and oxygen atoms in total. The smallest absolute Gasteiger partial charge is 0.334 e. The molecular formula is C15H35NO5Si2. The van der Waals surface area contributed by atoms with Crippen molar-refractivity contribution in [2.75, 3.05) is 54.7 Å². The van der Waals surface area contributed by atoms with Crippen LogP contribution in [0.1, 0.15) is 12.8 Å². The third-order valence-corrected chi connectivity index (χ3v) is 10.8. The molecule has 0 amide bonds. The first-order valence-corrected chi connectivity index (χ1v) is 13.5. The van der Waals surface area contributed by atoms with Crippen LogP contribution < -0.4 is 0 Å². The second kappa shape index (κ2) is 10.2. The first-order valence-electron chi connectivity index (χ1n) is 8.45. The quantitative estimate of drug-likeness (QED) is 0.347. The van der Waals surface area contributed by atoms with Crippen LogP contribution in [0.4, 0.5) is 0 Å². The lowest BCUT2D eigenvalue weighted by atomic mass is 10.3. The SMILES string of the molecule is CO[Si](C)(CCCN(CCC[Si](C)(OC)OC)CC1CO1)OC. The van der Waals surface area contributed by atoms with Gasteiger partial charge in [-0.2, -0.15) is 0 Å². The molecule has 1 heterocycles. The molecule has 0 N–H and O–H groups in total. The van der Waals surface area contributed by atoms with Gasteiger partial charge in [0.15, 0.2) is 0 Å². The summed E-state index contributed by atoms with van der Waals surface area (Å²) in [6.07, 6.45) is 2.62. The Hall–Kier alpha value is 0.194. The Morgan fingerprint density at radius 3 is 1.57 bits per heavy atom. The maximum Gasteiger partial charge on any atom is 0.334 e. The fourth-order valence-electron chi connectivity index (χ4n) is 2.58. The summed E-state index contributed by atoms with van der Waals surface area (Å²) in [5.41, 5.74) is 0. The van der Waals surface area contributed by atoms with Crippen LogP contribution in [0, 0.1) is 0 Å². The largest absolute Gasteiger partial charge is 0.398 e. The van der Waals surface area contributed by atoms with Crippen molar-refractivity contribution < 1.29 is 22.4 Å². The van der Waals surface area contributed by atoms with Gasteiger partial charge in [-0.05, 0) is 51.1 Å². The zero-order valence-corrected chi connectivity index (χ0v) is 17.7. The Balaban J connectivity index is 2.34. The first-order chi connectivity index (χ1) is 10.9. The second-order valence-electron chi connectivity index (χ2n) is 6.55. The highest BCUT2D eigenvalue weighted by molar-refractivity contribution is 6.66. The molecule has 23 heavy (non-hydrogen) atoms. The van der Waals surface area contributed by atoms with Gasteiger partial charge in [-0.15, -0.1) is 0 Å². The third kappa shape index (κ3) is 8.21. The van der Waals surface area contributed by atoms with Crippen LogP contribution in [0.2, 0.25) is 25.2 Å². The minimum Gasteiger partial charge on any atom is -0.398 e. The van der Waals surface area contributed by atoms with Crippen LogP contribution in [0.25, 0.3) is 0 Å². The highest BCUT2D eigenvalue weighted by Crippen LogP contribution is 2.18. The lowest BCUT2D eigenvalue weighted by molar-refractivity contribution is 0.220. The standard InChI is InChI=1S/C15H35NO5Si2/c1-17-22(5,18-2)11-7-9-16(13-15-14-21-15)10-8-12-23(6,19-3)20-4/h15H,7-14H2,1-6H3. The zero-order chi connectivity index (χ0) is 17.3. The van der Waals surface area contributed by atoms with Crippen molar-refractivity contribution in [2.24, 2.45) is 0 Å². The average molecular weight is 366 g/mol. The normalized spacial score (nSPS) is 18.7. The minimum absolute atomic E-state index is 0.428. The highest BCUT2D eigenvalue weighted by Gasteiger charge is 2.31. The van der Waals surface area contributed by atoms with Gasteiger partial charge in [-0.1, -0.05) is 0 Å². The summed E-state index contributed by atoms with van der Waals surface area (Å²) in [5, 5.41) is 0. The van der Waals surface area contributed by atoms with Gasteiger partial charge in [-0.25, -0.2) is 0 Å². The topological polar surface area (TPSA) is 52.7 Å². The van der Waals surface area contributed by atoms with Crippen LogP contribution in [-0.4, -0.2) is 82.8 Å². The molecule has 1 saturated heterocycles. The molecule has 0 aromatic carbocycles. The Bertz CT molecular complexity index is 299. The van der Waals surface area contributed by atoms with Crippen molar-refractivity contribution in [3.8, 4) is 0 Å². The van der Waals surface area contributed by atoms with E-state index in [-0.39, 0.29) is 0 Å². The fourth-order valence-corrected chi connectivity index (χ4v) is 5.33. The average Bonchev–Trinajstić information content (AvgIpc) is 3.38. The van der Waals surface area contributed by atoms with Crippen molar-refractivity contribution in [1.29, 1.82) is 0 Å². The van der Waals surface area contributed by atoms with Crippen LogP contribution >= 0.6 is 0 Å². The third-order valence-electron chi connectivity index (χ3n) is 4.80. The van der Waals surface area contributed by atoms with E-state index in [2.05, 4.69) is 18.0 Å². The molecule has 0 aliphatic carbocycles. The summed E-state index contributed by atoms with van der Waals surface area (Å²) < 4.78 is 27.6. The van der Waals surface area contributed by atoms with Gasteiger partial charge in [0.1, 0.15) is 0 Å². The molecule has 0 radical (unpaired) electrons. The van der Waals surface area contributed by atoms with E-state index in [1.807, 2.05) is 0 Å². The number of epoxide rings is 1. The van der Waals surface area contributed by atoms with Gasteiger partial charge in [0.2, 0.25) is 0 Å². The van der Waals surface area contributed by atoms with Gasteiger partial charge < -0.3 is 27.3 Å². The molecule has 0 spiro atoms. The molecule has 0 aromatic heterocycles. The number of hydrogen-bond acceptors (Lipinski definition) is 6. The van der Waals surface area contributed by atoms with Crippen LogP contribution in [0.5, 0.6) is 0 Å². The molecule has 1 aliphatic rings. The molecule has 138 valence electrons. The van der Waals surface area contributed by atoms with Crippen molar-refractivity contribution in [2.45, 2.75) is 44.1 Å². The summed E-state index contributed by atoms with van der Waals surface area (Å²) in [6, 6.07) is 2.04. The van der Waals surface area contributed by atoms with E-state index in [0.717, 1.165) is 51.2 Å². The van der Waals surface area contributed by atoms with E-state index in [4.69, 9.17) is 22.4 Å². The highest BCUT2D eigenvalue weighted by atomic mass is 28.4. The van der Waals surface area contributed by atoms with Crippen molar-refractivity contribution in [3.63, 3.8) is 0 Å². The predicted octanol–water partition coefficient (Wildman–Crippen LogP) is 2.20. The maximum atomic E-state index is 5.56. The van der Waals surface area contributed by atoms with Gasteiger partial charge in [0.25, 0.3) is 0 Å². The second-order valence-corrected chi connectivity index (χ2v) is 13.7. The molecule has 1 unspecified atom stereocenters. The Labute approximate surface area is 143 Å². The Morgan fingerprint density at radius 2 is 1.26 bits per heavy atom. The van der Waals surface area contributed by atoms with Crippen molar-refractivity contribution in [1.82, 2.24) is 4.90 Å². The number of ether oxygens (including phenoxy) is 1. The van der Waals surface area contributed by atoms with E-state index < -0.39 is 17.1 Å². The Kier molecular flexibility index (Phi) is 9.46. The monoisotopic (exact) mass is 365 g/mol.